The molecule has 0 spiro atoms. The van der Waals surface area contributed by atoms with Crippen LogP contribution in [0.1, 0.15) is 39.7 Å². The molecule has 0 radical (unpaired) electrons. The Morgan fingerprint density at radius 3 is 2.12 bits per heavy atom. The van der Waals surface area contributed by atoms with Gasteiger partial charge in [-0.2, -0.15) is 6.41 Å². The van der Waals surface area contributed by atoms with Crippen molar-refractivity contribution in [2.24, 2.45) is 0 Å². The van der Waals surface area contributed by atoms with Crippen molar-refractivity contribution in [3.63, 3.8) is 0 Å². The maximum absolute atomic E-state index is 11.9. The van der Waals surface area contributed by atoms with Crippen LogP contribution >= 0.6 is 0 Å². The molecule has 0 bridgehead atoms. The Balaban J connectivity index is 0. The molecule has 1 aromatic carbocycles. The van der Waals surface area contributed by atoms with Crippen LogP contribution in [0.15, 0.2) is 24.3 Å². The Bertz CT molecular complexity index is 492. The first-order valence-electron chi connectivity index (χ1n) is 7.77. The summed E-state index contributed by atoms with van der Waals surface area (Å²) in [5.74, 6) is -0.769. The van der Waals surface area contributed by atoms with E-state index in [9.17, 15) is 14.4 Å². The molecule has 0 aliphatic carbocycles. The molecule has 0 saturated carbocycles. The third-order valence-electron chi connectivity index (χ3n) is 2.72. The first-order valence-corrected chi connectivity index (χ1v) is 7.77. The fourth-order valence-corrected chi connectivity index (χ4v) is 1.55. The summed E-state index contributed by atoms with van der Waals surface area (Å²) in [4.78, 5) is 33.1. The van der Waals surface area contributed by atoms with Crippen LogP contribution in [0.4, 0.5) is 5.69 Å². The average Bonchev–Trinajstić information content (AvgIpc) is 2.54. The molecule has 6 nitrogen and oxygen atoms in total. The fraction of sp³-hybridized carbons (Fsp3) is 0.471. The summed E-state index contributed by atoms with van der Waals surface area (Å²) in [5.41, 5.74) is 1.85. The smallest absolute Gasteiger partial charge is 0.246 e. The van der Waals surface area contributed by atoms with Crippen LogP contribution in [0.3, 0.4) is 0 Å². The zero-order valence-corrected chi connectivity index (χ0v) is 16.9. The van der Waals surface area contributed by atoms with Crippen molar-refractivity contribution in [2.45, 2.75) is 46.6 Å². The molecular formula is C17H26FmN3O3-. The zero-order chi connectivity index (χ0) is 17.7. The van der Waals surface area contributed by atoms with Gasteiger partial charge in [0.25, 0.3) is 0 Å². The Morgan fingerprint density at radius 1 is 1.12 bits per heavy atom. The molecule has 24 heavy (non-hydrogen) atoms. The van der Waals surface area contributed by atoms with Gasteiger partial charge in [0.2, 0.25) is 11.8 Å². The molecule has 0 aromatic heterocycles. The van der Waals surface area contributed by atoms with E-state index in [1.165, 1.54) is 18.4 Å². The third-order valence-corrected chi connectivity index (χ3v) is 2.72. The van der Waals surface area contributed by atoms with Crippen LogP contribution < -0.4 is 16.0 Å². The summed E-state index contributed by atoms with van der Waals surface area (Å²) < 4.78 is 0. The van der Waals surface area contributed by atoms with Crippen molar-refractivity contribution in [3.8, 4) is 0 Å². The number of aryl methyl sites for hydroxylation is 1. The fourth-order valence-electron chi connectivity index (χ4n) is 1.55. The van der Waals surface area contributed by atoms with E-state index in [0.29, 0.717) is 5.69 Å². The van der Waals surface area contributed by atoms with Crippen molar-refractivity contribution in [2.75, 3.05) is 11.9 Å². The van der Waals surface area contributed by atoms with E-state index in [-0.39, 0.29) is 12.5 Å². The van der Waals surface area contributed by atoms with Crippen molar-refractivity contribution in [1.82, 2.24) is 10.6 Å². The summed E-state index contributed by atoms with van der Waals surface area (Å²) >= 11 is 0. The Kier molecular flexibility index (Phi) is 12.7. The summed E-state index contributed by atoms with van der Waals surface area (Å²) in [5, 5.41) is 7.27. The van der Waals surface area contributed by atoms with Crippen molar-refractivity contribution in [1.29, 1.82) is 0 Å². The van der Waals surface area contributed by atoms with Crippen LogP contribution in [0.25, 0.3) is 0 Å². The number of hydrogen-bond donors (Lipinski definition) is 3. The minimum Gasteiger partial charge on any atom is -0.522 e. The van der Waals surface area contributed by atoms with Gasteiger partial charge in [0, 0.05) is 5.69 Å². The number of rotatable bonds is 7. The SMILES string of the molecule is CCC.CCc1ccc(NC(=O)[C@H](C)NC(=O)CN[C-]=O)cc1.[Fm]. The maximum atomic E-state index is 11.9. The molecule has 0 saturated heterocycles. The van der Waals surface area contributed by atoms with Gasteiger partial charge in [0.05, 0.1) is 6.54 Å². The Morgan fingerprint density at radius 2 is 1.67 bits per heavy atom. The average molecular weight is 577 g/mol. The second-order valence-corrected chi connectivity index (χ2v) is 4.99. The summed E-state index contributed by atoms with van der Waals surface area (Å²) in [6, 6.07) is 6.80. The standard InChI is InChI=1S/C14H18N3O3.C3H8.Fm/c1-3-11-4-6-12(7-5-11)17-14(20)10(2)16-13(19)8-15-9-18;1-3-2;/h4-7,10H,3,8H2,1-2H3,(H,15,18)(H,16,19)(H,17,20);3H2,1-2H3;/q-1;;/t10-;;/m0../s1. The molecule has 0 aliphatic heterocycles. The number of hydrogen-bond acceptors (Lipinski definition) is 3. The second kappa shape index (κ2) is 13.3. The Hall–Kier alpha value is -3.37. The predicted octanol–water partition coefficient (Wildman–Crippen LogP) is 1.77. The minimum atomic E-state index is -0.693. The summed E-state index contributed by atoms with van der Waals surface area (Å²) in [6.07, 6.45) is 3.57. The molecule has 0 unspecified atom stereocenters. The normalized spacial score (nSPS) is 10.2. The van der Waals surface area contributed by atoms with Gasteiger partial charge >= 0.3 is 0 Å². The van der Waals surface area contributed by atoms with E-state index in [4.69, 9.17) is 0 Å². The van der Waals surface area contributed by atoms with Gasteiger partial charge in [-0.1, -0.05) is 39.3 Å². The van der Waals surface area contributed by atoms with Gasteiger partial charge in [0.1, 0.15) is 6.04 Å². The number of anilines is 1. The van der Waals surface area contributed by atoms with Crippen molar-refractivity contribution in [3.05, 3.63) is 29.8 Å². The quantitative estimate of drug-likeness (QED) is 0.341. The van der Waals surface area contributed by atoms with E-state index in [1.807, 2.05) is 24.3 Å². The molecule has 0 aliphatic rings. The number of nitrogens with one attached hydrogen (secondary N) is 3. The third kappa shape index (κ3) is 9.55. The molecule has 0 fully saturated rings. The van der Waals surface area contributed by atoms with Crippen LogP contribution in [0.5, 0.6) is 0 Å². The number of carbonyl (C=O) groups is 2. The van der Waals surface area contributed by atoms with Crippen LogP contribution in [0.2, 0.25) is 0 Å². The molecule has 1 rings (SSSR count). The molecule has 3 N–H and O–H groups in total. The Labute approximate surface area is 138 Å². The zero-order valence-electron chi connectivity index (χ0n) is 14.5. The summed E-state index contributed by atoms with van der Waals surface area (Å²) in [6.45, 7) is 7.67. The van der Waals surface area contributed by atoms with Gasteiger partial charge in [-0.25, -0.2) is 0 Å². The minimum absolute atomic E-state index is 0. The predicted molar refractivity (Wildman–Crippen MR) is 91.7 cm³/mol. The van der Waals surface area contributed by atoms with Crippen molar-refractivity contribution >= 4 is 23.9 Å². The maximum Gasteiger partial charge on any atom is 0.246 e. The van der Waals surface area contributed by atoms with E-state index >= 15 is 0 Å². The molecule has 7 heteroatoms. The number of benzene rings is 1. The van der Waals surface area contributed by atoms with Crippen LogP contribution in [-0.4, -0.2) is 30.8 Å². The van der Waals surface area contributed by atoms with Crippen molar-refractivity contribution < 1.29 is 14.4 Å². The topological polar surface area (TPSA) is 87.3 Å². The van der Waals surface area contributed by atoms with Gasteiger partial charge in [-0.15, -0.1) is 0 Å². The van der Waals surface area contributed by atoms with Crippen LogP contribution in [0, 0.1) is 0 Å². The molecule has 0 heterocycles. The van der Waals surface area contributed by atoms with Gasteiger partial charge < -0.3 is 20.7 Å². The largest absolute Gasteiger partial charge is 0.522 e. The van der Waals surface area contributed by atoms with E-state index < -0.39 is 11.9 Å². The van der Waals surface area contributed by atoms with E-state index in [1.54, 1.807) is 6.92 Å². The first-order chi connectivity index (χ1) is 11.0. The van der Waals surface area contributed by atoms with Gasteiger partial charge in [-0.05, 0) is 31.0 Å². The molecule has 3 amide bonds. The van der Waals surface area contributed by atoms with Gasteiger partial charge in [0.15, 0.2) is 0 Å². The number of carbonyl (C=O) groups excluding carboxylic acids is 3. The van der Waals surface area contributed by atoms with Gasteiger partial charge in [-0.3, -0.25) is 9.59 Å². The van der Waals surface area contributed by atoms with Crippen LogP contribution in [-0.2, 0) is 20.8 Å². The molecule has 1 atom stereocenters. The van der Waals surface area contributed by atoms with E-state index in [2.05, 4.69) is 36.7 Å². The van der Waals surface area contributed by atoms with E-state index in [0.717, 1.165) is 6.42 Å². The monoisotopic (exact) mass is 577 g/mol. The number of amides is 3. The molecule has 1 aromatic rings. The second-order valence-electron chi connectivity index (χ2n) is 4.99. The molecule has 140 valence electrons. The first kappa shape index (κ1) is 22.9. The summed E-state index contributed by atoms with van der Waals surface area (Å²) in [7, 11) is 0. The molecular weight excluding hydrogens is 551 g/mol.